The van der Waals surface area contributed by atoms with Crippen molar-refractivity contribution in [1.82, 2.24) is 4.98 Å². The number of hydrogen-bond acceptors (Lipinski definition) is 6. The molecular formula is C21H14N2O5S. The van der Waals surface area contributed by atoms with Gasteiger partial charge >= 0.3 is 5.97 Å². The number of carboxylic acids is 1. The van der Waals surface area contributed by atoms with Crippen molar-refractivity contribution in [3.63, 3.8) is 0 Å². The van der Waals surface area contributed by atoms with Gasteiger partial charge in [-0.1, -0.05) is 24.3 Å². The SMILES string of the molecule is O=C(O)CC(=Cc1ccc(-c2cccc([N+](=O)[O-])c2)o1)c1nc2ccccc2s1. The number of nitrogens with zero attached hydrogens (tertiary/aromatic N) is 2. The molecule has 4 rings (SSSR count). The van der Waals surface area contributed by atoms with E-state index < -0.39 is 10.9 Å². The van der Waals surface area contributed by atoms with E-state index in [1.807, 2.05) is 24.3 Å². The Balaban J connectivity index is 1.71. The monoisotopic (exact) mass is 406 g/mol. The third-order valence-electron chi connectivity index (χ3n) is 4.20. The molecule has 0 fully saturated rings. The third-order valence-corrected chi connectivity index (χ3v) is 5.31. The Morgan fingerprint density at radius 3 is 2.76 bits per heavy atom. The van der Waals surface area contributed by atoms with Crippen molar-refractivity contribution in [2.75, 3.05) is 0 Å². The van der Waals surface area contributed by atoms with Gasteiger partial charge in [-0.25, -0.2) is 4.98 Å². The first-order chi connectivity index (χ1) is 14.0. The largest absolute Gasteiger partial charge is 0.481 e. The first-order valence-corrected chi connectivity index (χ1v) is 9.44. The number of nitro groups is 1. The summed E-state index contributed by atoms with van der Waals surface area (Å²) < 4.78 is 6.77. The topological polar surface area (TPSA) is 106 Å². The molecule has 0 aliphatic carbocycles. The highest BCUT2D eigenvalue weighted by atomic mass is 32.1. The minimum atomic E-state index is -0.971. The maximum Gasteiger partial charge on any atom is 0.307 e. The van der Waals surface area contributed by atoms with Gasteiger partial charge in [0.25, 0.3) is 5.69 Å². The average Bonchev–Trinajstić information content (AvgIpc) is 3.34. The lowest BCUT2D eigenvalue weighted by Crippen LogP contribution is -1.96. The summed E-state index contributed by atoms with van der Waals surface area (Å²) in [7, 11) is 0. The molecule has 0 unspecified atom stereocenters. The van der Waals surface area contributed by atoms with Crippen LogP contribution >= 0.6 is 11.3 Å². The van der Waals surface area contributed by atoms with E-state index in [1.54, 1.807) is 30.3 Å². The molecule has 4 aromatic rings. The number of furan rings is 1. The van der Waals surface area contributed by atoms with Gasteiger partial charge in [0.1, 0.15) is 16.5 Å². The Labute approximate surface area is 168 Å². The Hall–Kier alpha value is -3.78. The highest BCUT2D eigenvalue weighted by molar-refractivity contribution is 7.19. The molecule has 0 bridgehead atoms. The predicted molar refractivity (Wildman–Crippen MR) is 111 cm³/mol. The molecule has 7 nitrogen and oxygen atoms in total. The number of carbonyl (C=O) groups is 1. The van der Waals surface area contributed by atoms with Crippen LogP contribution in [0, 0.1) is 10.1 Å². The molecule has 144 valence electrons. The quantitative estimate of drug-likeness (QED) is 0.336. The highest BCUT2D eigenvalue weighted by Crippen LogP contribution is 2.32. The molecule has 0 amide bonds. The Morgan fingerprint density at radius 2 is 2.00 bits per heavy atom. The number of carboxylic acid groups (broad SMARTS) is 1. The van der Waals surface area contributed by atoms with Gasteiger partial charge in [0.05, 0.1) is 21.6 Å². The van der Waals surface area contributed by atoms with Crippen LogP contribution in [0.25, 0.3) is 33.2 Å². The fourth-order valence-electron chi connectivity index (χ4n) is 2.89. The first-order valence-electron chi connectivity index (χ1n) is 8.62. The lowest BCUT2D eigenvalue weighted by molar-refractivity contribution is -0.384. The van der Waals surface area contributed by atoms with Crippen molar-refractivity contribution < 1.29 is 19.2 Å². The minimum absolute atomic E-state index is 0.0305. The second-order valence-corrected chi connectivity index (χ2v) is 7.27. The molecule has 29 heavy (non-hydrogen) atoms. The van der Waals surface area contributed by atoms with E-state index in [0.29, 0.717) is 27.7 Å². The van der Waals surface area contributed by atoms with E-state index >= 15 is 0 Å². The number of aromatic nitrogens is 1. The number of hydrogen-bond donors (Lipinski definition) is 1. The van der Waals surface area contributed by atoms with Crippen LogP contribution in [0.1, 0.15) is 17.2 Å². The van der Waals surface area contributed by atoms with Crippen LogP contribution in [0.2, 0.25) is 0 Å². The van der Waals surface area contributed by atoms with Gasteiger partial charge in [0.2, 0.25) is 0 Å². The zero-order valence-corrected chi connectivity index (χ0v) is 15.8. The van der Waals surface area contributed by atoms with Crippen LogP contribution in [0.4, 0.5) is 5.69 Å². The van der Waals surface area contributed by atoms with Crippen molar-refractivity contribution in [2.24, 2.45) is 0 Å². The number of rotatable bonds is 6. The highest BCUT2D eigenvalue weighted by Gasteiger charge is 2.15. The third kappa shape index (κ3) is 4.07. The van der Waals surface area contributed by atoms with Gasteiger partial charge in [-0.3, -0.25) is 14.9 Å². The van der Waals surface area contributed by atoms with Gasteiger partial charge in [-0.2, -0.15) is 0 Å². The van der Waals surface area contributed by atoms with Crippen molar-refractivity contribution in [1.29, 1.82) is 0 Å². The summed E-state index contributed by atoms with van der Waals surface area (Å²) in [6.45, 7) is 0. The molecule has 0 atom stereocenters. The van der Waals surface area contributed by atoms with Gasteiger partial charge < -0.3 is 9.52 Å². The molecule has 0 saturated heterocycles. The molecule has 8 heteroatoms. The number of non-ortho nitro benzene ring substituents is 1. The molecule has 2 aromatic heterocycles. The molecule has 2 aromatic carbocycles. The smallest absolute Gasteiger partial charge is 0.307 e. The van der Waals surface area contributed by atoms with Gasteiger partial charge in [0, 0.05) is 23.3 Å². The lowest BCUT2D eigenvalue weighted by Gasteiger charge is -2.00. The van der Waals surface area contributed by atoms with Crippen molar-refractivity contribution in [3.05, 3.63) is 81.5 Å². The molecular weight excluding hydrogens is 392 g/mol. The van der Waals surface area contributed by atoms with Crippen LogP contribution < -0.4 is 0 Å². The van der Waals surface area contributed by atoms with E-state index in [1.165, 1.54) is 23.5 Å². The van der Waals surface area contributed by atoms with E-state index in [-0.39, 0.29) is 12.1 Å². The van der Waals surface area contributed by atoms with Crippen LogP contribution in [-0.4, -0.2) is 21.0 Å². The first kappa shape index (κ1) is 18.6. The Bertz CT molecular complexity index is 1220. The molecule has 2 heterocycles. The van der Waals surface area contributed by atoms with E-state index in [9.17, 15) is 20.0 Å². The van der Waals surface area contributed by atoms with Crippen molar-refractivity contribution in [3.8, 4) is 11.3 Å². The molecule has 0 aliphatic rings. The fourth-order valence-corrected chi connectivity index (χ4v) is 3.87. The predicted octanol–water partition coefficient (Wildman–Crippen LogP) is 5.48. The number of aliphatic carboxylic acids is 1. The standard InChI is InChI=1S/C21H14N2O5S/c24-20(25)12-14(21-22-17-6-1-2-7-19(17)29-21)11-16-8-9-18(28-16)13-4-3-5-15(10-13)23(26)27/h1-11H,12H2,(H,24,25). The second-order valence-electron chi connectivity index (χ2n) is 6.24. The Morgan fingerprint density at radius 1 is 1.17 bits per heavy atom. The maximum atomic E-state index is 11.4. The summed E-state index contributed by atoms with van der Waals surface area (Å²) in [5, 5.41) is 20.9. The van der Waals surface area contributed by atoms with Crippen LogP contribution in [-0.2, 0) is 4.79 Å². The summed E-state index contributed by atoms with van der Waals surface area (Å²) >= 11 is 1.42. The zero-order valence-electron chi connectivity index (χ0n) is 14.9. The molecule has 0 aliphatic heterocycles. The van der Waals surface area contributed by atoms with Gasteiger partial charge in [0.15, 0.2) is 0 Å². The van der Waals surface area contributed by atoms with Gasteiger partial charge in [-0.05, 0) is 30.3 Å². The fraction of sp³-hybridized carbons (Fsp3) is 0.0476. The van der Waals surface area contributed by atoms with E-state index in [0.717, 1.165) is 10.2 Å². The lowest BCUT2D eigenvalue weighted by atomic mass is 10.1. The summed E-state index contributed by atoms with van der Waals surface area (Å²) in [6.07, 6.45) is 1.44. The molecule has 1 N–H and O–H groups in total. The number of benzene rings is 2. The molecule has 0 spiro atoms. The normalized spacial score (nSPS) is 11.7. The van der Waals surface area contributed by atoms with Crippen molar-refractivity contribution >= 4 is 44.9 Å². The summed E-state index contributed by atoms with van der Waals surface area (Å²) in [5.41, 5.74) is 1.87. The van der Waals surface area contributed by atoms with Crippen LogP contribution in [0.5, 0.6) is 0 Å². The average molecular weight is 406 g/mol. The zero-order chi connectivity index (χ0) is 20.4. The van der Waals surface area contributed by atoms with Gasteiger partial charge in [-0.15, -0.1) is 11.3 Å². The number of para-hydroxylation sites is 1. The van der Waals surface area contributed by atoms with Crippen LogP contribution in [0.15, 0.2) is 65.1 Å². The molecule has 0 saturated carbocycles. The number of fused-ring (bicyclic) bond motifs is 1. The minimum Gasteiger partial charge on any atom is -0.481 e. The van der Waals surface area contributed by atoms with Crippen molar-refractivity contribution in [2.45, 2.75) is 6.42 Å². The van der Waals surface area contributed by atoms with E-state index in [2.05, 4.69) is 4.98 Å². The summed E-state index contributed by atoms with van der Waals surface area (Å²) in [4.78, 5) is 26.4. The number of thiazole rings is 1. The summed E-state index contributed by atoms with van der Waals surface area (Å²) in [6, 6.07) is 17.1. The van der Waals surface area contributed by atoms with E-state index in [4.69, 9.17) is 4.42 Å². The summed E-state index contributed by atoms with van der Waals surface area (Å²) in [5.74, 6) is -0.0677. The second kappa shape index (κ2) is 7.69. The maximum absolute atomic E-state index is 11.4. The number of nitro benzene ring substituents is 1. The molecule has 0 radical (unpaired) electrons. The van der Waals surface area contributed by atoms with Crippen LogP contribution in [0.3, 0.4) is 0 Å². The Kier molecular flexibility index (Phi) is 4.92.